The van der Waals surface area contributed by atoms with Crippen molar-refractivity contribution in [3.63, 3.8) is 0 Å². The number of benzene rings is 2. The topological polar surface area (TPSA) is 77.6 Å². The van der Waals surface area contributed by atoms with Gasteiger partial charge in [-0.25, -0.2) is 14.3 Å². The quantitative estimate of drug-likeness (QED) is 0.443. The standard InChI is InChI=1S/C24H23BrN6O/c1-16(17-9-11-19(12-10-17)30-15-26-14-27-30)28-24(32)23-21-7-2-3-8-22(21)31(29-23)20-6-4-5-18(25)13-20/h4-6,9-16H,2-3,7-8H2,1H3,(H,28,32). The minimum absolute atomic E-state index is 0.134. The first-order valence-corrected chi connectivity index (χ1v) is 11.5. The molecule has 4 aromatic rings. The molecular weight excluding hydrogens is 468 g/mol. The summed E-state index contributed by atoms with van der Waals surface area (Å²) < 4.78 is 4.63. The van der Waals surface area contributed by atoms with Crippen molar-refractivity contribution in [1.82, 2.24) is 29.9 Å². The van der Waals surface area contributed by atoms with Crippen LogP contribution in [0.15, 0.2) is 65.7 Å². The van der Waals surface area contributed by atoms with Gasteiger partial charge in [0.05, 0.1) is 17.4 Å². The first-order valence-electron chi connectivity index (χ1n) is 10.7. The van der Waals surface area contributed by atoms with Gasteiger partial charge < -0.3 is 5.32 Å². The van der Waals surface area contributed by atoms with Gasteiger partial charge in [0.1, 0.15) is 12.7 Å². The van der Waals surface area contributed by atoms with Crippen LogP contribution in [-0.4, -0.2) is 30.5 Å². The van der Waals surface area contributed by atoms with Crippen molar-refractivity contribution in [1.29, 1.82) is 0 Å². The van der Waals surface area contributed by atoms with Gasteiger partial charge in [-0.3, -0.25) is 4.79 Å². The van der Waals surface area contributed by atoms with Crippen LogP contribution in [0.4, 0.5) is 0 Å². The highest BCUT2D eigenvalue weighted by molar-refractivity contribution is 9.10. The third kappa shape index (κ3) is 3.98. The van der Waals surface area contributed by atoms with Crippen molar-refractivity contribution in [2.75, 3.05) is 0 Å². The van der Waals surface area contributed by atoms with Crippen molar-refractivity contribution in [3.05, 3.63) is 88.2 Å². The molecule has 1 unspecified atom stereocenters. The molecule has 7 nitrogen and oxygen atoms in total. The Hall–Kier alpha value is -3.26. The Morgan fingerprint density at radius 2 is 1.91 bits per heavy atom. The van der Waals surface area contributed by atoms with E-state index in [0.717, 1.165) is 58.4 Å². The SMILES string of the molecule is CC(NC(=O)c1nn(-c2cccc(Br)c2)c2c1CCCC2)c1ccc(-n2cncn2)cc1. The molecule has 2 heterocycles. The van der Waals surface area contributed by atoms with E-state index in [1.54, 1.807) is 11.0 Å². The summed E-state index contributed by atoms with van der Waals surface area (Å²) in [7, 11) is 0. The van der Waals surface area contributed by atoms with Crippen molar-refractivity contribution in [2.45, 2.75) is 38.6 Å². The lowest BCUT2D eigenvalue weighted by Gasteiger charge is -2.16. The lowest BCUT2D eigenvalue weighted by Crippen LogP contribution is -2.28. The Bertz CT molecular complexity index is 1250. The maximum Gasteiger partial charge on any atom is 0.272 e. The first kappa shape index (κ1) is 20.6. The van der Waals surface area contributed by atoms with E-state index in [1.165, 1.54) is 6.33 Å². The normalized spacial score (nSPS) is 14.1. The summed E-state index contributed by atoms with van der Waals surface area (Å²) in [5, 5.41) is 12.0. The van der Waals surface area contributed by atoms with E-state index < -0.39 is 0 Å². The van der Waals surface area contributed by atoms with Crippen LogP contribution in [0.1, 0.15) is 53.1 Å². The molecule has 1 aliphatic rings. The molecular formula is C24H23BrN6O. The van der Waals surface area contributed by atoms with E-state index in [4.69, 9.17) is 5.10 Å². The van der Waals surface area contributed by atoms with E-state index in [1.807, 2.05) is 60.1 Å². The molecule has 1 atom stereocenters. The highest BCUT2D eigenvalue weighted by Crippen LogP contribution is 2.28. The summed E-state index contributed by atoms with van der Waals surface area (Å²) in [5.74, 6) is -0.134. The van der Waals surface area contributed by atoms with Crippen molar-refractivity contribution in [2.24, 2.45) is 0 Å². The van der Waals surface area contributed by atoms with Gasteiger partial charge in [-0.15, -0.1) is 0 Å². The Balaban J connectivity index is 1.39. The second-order valence-corrected chi connectivity index (χ2v) is 8.92. The Labute approximate surface area is 194 Å². The largest absolute Gasteiger partial charge is 0.344 e. The second kappa shape index (κ2) is 8.70. The number of nitrogens with zero attached hydrogens (tertiary/aromatic N) is 5. The number of nitrogens with one attached hydrogen (secondary N) is 1. The van der Waals surface area contributed by atoms with Crippen LogP contribution in [0.25, 0.3) is 11.4 Å². The van der Waals surface area contributed by atoms with Crippen LogP contribution < -0.4 is 5.32 Å². The molecule has 0 bridgehead atoms. The smallest absolute Gasteiger partial charge is 0.272 e. The molecule has 0 saturated carbocycles. The second-order valence-electron chi connectivity index (χ2n) is 8.00. The van der Waals surface area contributed by atoms with Gasteiger partial charge in [0, 0.05) is 15.7 Å². The fourth-order valence-electron chi connectivity index (χ4n) is 4.21. The minimum atomic E-state index is -0.150. The number of hydrogen-bond donors (Lipinski definition) is 1. The summed E-state index contributed by atoms with van der Waals surface area (Å²) >= 11 is 3.54. The van der Waals surface area contributed by atoms with E-state index in [-0.39, 0.29) is 11.9 Å². The summed E-state index contributed by atoms with van der Waals surface area (Å²) in [6, 6.07) is 15.8. The average molecular weight is 491 g/mol. The van der Waals surface area contributed by atoms with E-state index >= 15 is 0 Å². The number of carbonyl (C=O) groups excluding carboxylic acids is 1. The fraction of sp³-hybridized carbons (Fsp3) is 0.250. The van der Waals surface area contributed by atoms with Gasteiger partial charge in [-0.2, -0.15) is 10.2 Å². The summed E-state index contributed by atoms with van der Waals surface area (Å²) in [4.78, 5) is 17.2. The molecule has 1 aliphatic carbocycles. The Morgan fingerprint density at radius 3 is 2.66 bits per heavy atom. The molecule has 1 amide bonds. The van der Waals surface area contributed by atoms with Gasteiger partial charge in [-0.05, 0) is 68.5 Å². The zero-order chi connectivity index (χ0) is 22.1. The molecule has 162 valence electrons. The number of carbonyl (C=O) groups is 1. The zero-order valence-electron chi connectivity index (χ0n) is 17.7. The van der Waals surface area contributed by atoms with E-state index in [9.17, 15) is 4.79 Å². The summed E-state index contributed by atoms with van der Waals surface area (Å²) in [5.41, 5.74) is 5.65. The third-order valence-corrected chi connectivity index (χ3v) is 6.37. The molecule has 0 aliphatic heterocycles. The number of fused-ring (bicyclic) bond motifs is 1. The summed E-state index contributed by atoms with van der Waals surface area (Å²) in [6.07, 6.45) is 7.17. The summed E-state index contributed by atoms with van der Waals surface area (Å²) in [6.45, 7) is 1.99. The molecule has 0 spiro atoms. The van der Waals surface area contributed by atoms with Crippen LogP contribution in [0.5, 0.6) is 0 Å². The lowest BCUT2D eigenvalue weighted by molar-refractivity contribution is 0.0933. The number of hydrogen-bond acceptors (Lipinski definition) is 4. The monoisotopic (exact) mass is 490 g/mol. The van der Waals surface area contributed by atoms with Gasteiger partial charge in [0.2, 0.25) is 0 Å². The van der Waals surface area contributed by atoms with Crippen molar-refractivity contribution in [3.8, 4) is 11.4 Å². The Morgan fingerprint density at radius 1 is 1.09 bits per heavy atom. The fourth-order valence-corrected chi connectivity index (χ4v) is 4.60. The van der Waals surface area contributed by atoms with Crippen LogP contribution >= 0.6 is 15.9 Å². The molecule has 2 aromatic heterocycles. The molecule has 2 aromatic carbocycles. The van der Waals surface area contributed by atoms with Gasteiger partial charge >= 0.3 is 0 Å². The van der Waals surface area contributed by atoms with Gasteiger partial charge in [0.25, 0.3) is 5.91 Å². The number of amides is 1. The molecule has 1 N–H and O–H groups in total. The number of rotatable bonds is 5. The van der Waals surface area contributed by atoms with Crippen molar-refractivity contribution < 1.29 is 4.79 Å². The molecule has 0 saturated heterocycles. The molecule has 8 heteroatoms. The van der Waals surface area contributed by atoms with Crippen LogP contribution in [-0.2, 0) is 12.8 Å². The van der Waals surface area contributed by atoms with Crippen molar-refractivity contribution >= 4 is 21.8 Å². The molecule has 5 rings (SSSR count). The van der Waals surface area contributed by atoms with Crippen LogP contribution in [0.2, 0.25) is 0 Å². The molecule has 0 fully saturated rings. The average Bonchev–Trinajstić information content (AvgIpc) is 3.48. The first-order chi connectivity index (χ1) is 15.6. The van der Waals surface area contributed by atoms with Gasteiger partial charge in [0.15, 0.2) is 5.69 Å². The van der Waals surface area contributed by atoms with Crippen LogP contribution in [0.3, 0.4) is 0 Å². The highest BCUT2D eigenvalue weighted by Gasteiger charge is 2.26. The number of halogens is 1. The Kier molecular flexibility index (Phi) is 5.61. The molecule has 0 radical (unpaired) electrons. The highest BCUT2D eigenvalue weighted by atomic mass is 79.9. The van der Waals surface area contributed by atoms with E-state index in [0.29, 0.717) is 5.69 Å². The maximum atomic E-state index is 13.2. The maximum absolute atomic E-state index is 13.2. The third-order valence-electron chi connectivity index (χ3n) is 5.87. The zero-order valence-corrected chi connectivity index (χ0v) is 19.3. The predicted octanol–water partition coefficient (Wildman–Crippen LogP) is 4.59. The number of aromatic nitrogens is 5. The lowest BCUT2D eigenvalue weighted by atomic mass is 9.95. The molecule has 32 heavy (non-hydrogen) atoms. The van der Waals surface area contributed by atoms with Crippen LogP contribution in [0, 0.1) is 0 Å². The predicted molar refractivity (Wildman–Crippen MR) is 125 cm³/mol. The van der Waals surface area contributed by atoms with Gasteiger partial charge in [-0.1, -0.05) is 34.1 Å². The van der Waals surface area contributed by atoms with E-state index in [2.05, 4.69) is 31.3 Å². The minimum Gasteiger partial charge on any atom is -0.344 e.